The van der Waals surface area contributed by atoms with Crippen molar-refractivity contribution in [3.63, 3.8) is 0 Å². The van der Waals surface area contributed by atoms with Crippen molar-refractivity contribution >= 4 is 28.2 Å². The van der Waals surface area contributed by atoms with E-state index in [0.29, 0.717) is 29.4 Å². The maximum absolute atomic E-state index is 11.7. The van der Waals surface area contributed by atoms with Crippen LogP contribution >= 0.6 is 11.6 Å². The summed E-state index contributed by atoms with van der Waals surface area (Å²) in [6, 6.07) is 6.61. The van der Waals surface area contributed by atoms with Crippen LogP contribution in [-0.4, -0.2) is 35.2 Å². The molecule has 0 saturated carbocycles. The molecule has 0 aliphatic heterocycles. The van der Waals surface area contributed by atoms with Gasteiger partial charge in [0.2, 0.25) is 0 Å². The number of Topliss-reactive ketones (excluding diaryl/α,β-unsaturated/α-hetero) is 1. The monoisotopic (exact) mass is 274 g/mol. The van der Waals surface area contributed by atoms with Gasteiger partial charge in [-0.2, -0.15) is 0 Å². The van der Waals surface area contributed by atoms with Crippen molar-refractivity contribution in [1.29, 1.82) is 0 Å². The SMILES string of the molecule is COCCCS(=O)CC(=O)c1ccc(Cl)cc1. The van der Waals surface area contributed by atoms with Gasteiger partial charge in [-0.1, -0.05) is 11.6 Å². The molecule has 1 rings (SSSR count). The molecule has 0 N–H and O–H groups in total. The molecule has 17 heavy (non-hydrogen) atoms. The van der Waals surface area contributed by atoms with Crippen LogP contribution in [0.25, 0.3) is 0 Å². The number of hydrogen-bond acceptors (Lipinski definition) is 3. The third-order valence-corrected chi connectivity index (χ3v) is 3.76. The van der Waals surface area contributed by atoms with Crippen LogP contribution in [0.2, 0.25) is 5.02 Å². The van der Waals surface area contributed by atoms with E-state index in [0.717, 1.165) is 0 Å². The molecule has 94 valence electrons. The first-order valence-corrected chi connectivity index (χ1v) is 7.12. The average Bonchev–Trinajstić information content (AvgIpc) is 2.30. The molecule has 0 amide bonds. The molecule has 0 saturated heterocycles. The highest BCUT2D eigenvalue weighted by Gasteiger charge is 2.10. The van der Waals surface area contributed by atoms with Gasteiger partial charge in [0.25, 0.3) is 0 Å². The molecule has 1 aromatic carbocycles. The summed E-state index contributed by atoms with van der Waals surface area (Å²) >= 11 is 5.72. The fraction of sp³-hybridized carbons (Fsp3) is 0.417. The molecule has 0 aliphatic carbocycles. The zero-order valence-corrected chi connectivity index (χ0v) is 11.2. The van der Waals surface area contributed by atoms with Crippen LogP contribution < -0.4 is 0 Å². The van der Waals surface area contributed by atoms with Gasteiger partial charge in [0.05, 0.1) is 5.75 Å². The molecule has 3 nitrogen and oxygen atoms in total. The zero-order chi connectivity index (χ0) is 12.7. The summed E-state index contributed by atoms with van der Waals surface area (Å²) in [6.45, 7) is 0.570. The first kappa shape index (κ1) is 14.4. The van der Waals surface area contributed by atoms with Gasteiger partial charge in [-0.25, -0.2) is 0 Å². The Labute approximate surface area is 109 Å². The van der Waals surface area contributed by atoms with Crippen LogP contribution in [0.4, 0.5) is 0 Å². The van der Waals surface area contributed by atoms with Gasteiger partial charge < -0.3 is 4.74 Å². The average molecular weight is 275 g/mol. The maximum atomic E-state index is 11.7. The van der Waals surface area contributed by atoms with Crippen LogP contribution in [-0.2, 0) is 15.5 Å². The topological polar surface area (TPSA) is 43.4 Å². The van der Waals surface area contributed by atoms with Crippen molar-refractivity contribution in [3.8, 4) is 0 Å². The molecule has 0 heterocycles. The lowest BCUT2D eigenvalue weighted by molar-refractivity contribution is 0.102. The summed E-state index contributed by atoms with van der Waals surface area (Å²) in [4.78, 5) is 11.7. The third kappa shape index (κ3) is 5.44. The normalized spacial score (nSPS) is 12.4. The summed E-state index contributed by atoms with van der Waals surface area (Å²) in [5.74, 6) is 0.441. The van der Waals surface area contributed by atoms with E-state index in [1.54, 1.807) is 31.4 Å². The summed E-state index contributed by atoms with van der Waals surface area (Å²) in [5, 5.41) is 0.586. The maximum Gasteiger partial charge on any atom is 0.175 e. The van der Waals surface area contributed by atoms with Crippen molar-refractivity contribution in [2.75, 3.05) is 25.2 Å². The predicted molar refractivity (Wildman–Crippen MR) is 70.2 cm³/mol. The Kier molecular flexibility index (Phi) is 6.40. The largest absolute Gasteiger partial charge is 0.385 e. The number of ether oxygens (including phenoxy) is 1. The predicted octanol–water partition coefficient (Wildman–Crippen LogP) is 2.31. The first-order valence-electron chi connectivity index (χ1n) is 5.26. The second-order valence-electron chi connectivity index (χ2n) is 3.56. The summed E-state index contributed by atoms with van der Waals surface area (Å²) in [5.41, 5.74) is 0.550. The van der Waals surface area contributed by atoms with Crippen molar-refractivity contribution < 1.29 is 13.7 Å². The Balaban J connectivity index is 2.43. The van der Waals surface area contributed by atoms with E-state index < -0.39 is 10.8 Å². The third-order valence-electron chi connectivity index (χ3n) is 2.18. The van der Waals surface area contributed by atoms with Gasteiger partial charge in [-0.05, 0) is 30.7 Å². The van der Waals surface area contributed by atoms with E-state index in [1.165, 1.54) is 0 Å². The Morgan fingerprint density at radius 1 is 1.35 bits per heavy atom. The van der Waals surface area contributed by atoms with E-state index in [2.05, 4.69) is 0 Å². The summed E-state index contributed by atoms with van der Waals surface area (Å²) in [6.07, 6.45) is 0.705. The quantitative estimate of drug-likeness (QED) is 0.566. The number of carbonyl (C=O) groups excluding carboxylic acids is 1. The van der Waals surface area contributed by atoms with Crippen molar-refractivity contribution in [1.82, 2.24) is 0 Å². The molecule has 0 aromatic heterocycles. The molecule has 0 bridgehead atoms. The fourth-order valence-electron chi connectivity index (χ4n) is 1.30. The van der Waals surface area contributed by atoms with Crippen molar-refractivity contribution in [2.45, 2.75) is 6.42 Å². The van der Waals surface area contributed by atoms with Gasteiger partial charge >= 0.3 is 0 Å². The van der Waals surface area contributed by atoms with Gasteiger partial charge in [0.1, 0.15) is 0 Å². The van der Waals surface area contributed by atoms with E-state index in [9.17, 15) is 9.00 Å². The van der Waals surface area contributed by atoms with Gasteiger partial charge in [0, 0.05) is 40.9 Å². The van der Waals surface area contributed by atoms with Gasteiger partial charge in [0.15, 0.2) is 5.78 Å². The van der Waals surface area contributed by atoms with E-state index >= 15 is 0 Å². The van der Waals surface area contributed by atoms with E-state index in [-0.39, 0.29) is 11.5 Å². The smallest absolute Gasteiger partial charge is 0.175 e. The number of ketones is 1. The standard InChI is InChI=1S/C12H15ClO3S/c1-16-7-2-8-17(15)9-12(14)10-3-5-11(13)6-4-10/h3-6H,2,7-9H2,1H3. The number of carbonyl (C=O) groups is 1. The Morgan fingerprint density at radius 3 is 2.59 bits per heavy atom. The number of benzene rings is 1. The Morgan fingerprint density at radius 2 is 2.00 bits per heavy atom. The van der Waals surface area contributed by atoms with E-state index in [1.807, 2.05) is 0 Å². The van der Waals surface area contributed by atoms with Gasteiger partial charge in [-0.15, -0.1) is 0 Å². The highest BCUT2D eigenvalue weighted by atomic mass is 35.5. The minimum atomic E-state index is -1.12. The highest BCUT2D eigenvalue weighted by molar-refractivity contribution is 7.85. The molecular formula is C12H15ClO3S. The number of halogens is 1. The van der Waals surface area contributed by atoms with Crippen LogP contribution in [0.3, 0.4) is 0 Å². The second kappa shape index (κ2) is 7.58. The highest BCUT2D eigenvalue weighted by Crippen LogP contribution is 2.10. The molecule has 0 radical (unpaired) electrons. The van der Waals surface area contributed by atoms with Crippen LogP contribution in [0, 0.1) is 0 Å². The molecule has 1 unspecified atom stereocenters. The lowest BCUT2D eigenvalue weighted by atomic mass is 10.1. The molecule has 1 aromatic rings. The minimum Gasteiger partial charge on any atom is -0.385 e. The Hall–Kier alpha value is -0.710. The lowest BCUT2D eigenvalue weighted by Crippen LogP contribution is -2.14. The van der Waals surface area contributed by atoms with Gasteiger partial charge in [-0.3, -0.25) is 9.00 Å². The molecule has 5 heteroatoms. The molecular weight excluding hydrogens is 260 g/mol. The number of hydrogen-bond donors (Lipinski definition) is 0. The second-order valence-corrected chi connectivity index (χ2v) is 5.58. The number of rotatable bonds is 7. The summed E-state index contributed by atoms with van der Waals surface area (Å²) < 4.78 is 16.4. The molecule has 0 aliphatic rings. The molecule has 1 atom stereocenters. The molecule has 0 fully saturated rings. The van der Waals surface area contributed by atoms with E-state index in [4.69, 9.17) is 16.3 Å². The molecule has 0 spiro atoms. The zero-order valence-electron chi connectivity index (χ0n) is 9.65. The lowest BCUT2D eigenvalue weighted by Gasteiger charge is -2.02. The van der Waals surface area contributed by atoms with Crippen molar-refractivity contribution in [3.05, 3.63) is 34.9 Å². The fourth-order valence-corrected chi connectivity index (χ4v) is 2.47. The first-order chi connectivity index (χ1) is 8.13. The van der Waals surface area contributed by atoms with Crippen LogP contribution in [0.1, 0.15) is 16.8 Å². The minimum absolute atomic E-state index is 0.0609. The Bertz CT molecular complexity index is 389. The van der Waals surface area contributed by atoms with Crippen molar-refractivity contribution in [2.24, 2.45) is 0 Å². The van der Waals surface area contributed by atoms with Crippen LogP contribution in [0.5, 0.6) is 0 Å². The van der Waals surface area contributed by atoms with Crippen LogP contribution in [0.15, 0.2) is 24.3 Å². The number of methoxy groups -OCH3 is 1. The summed E-state index contributed by atoms with van der Waals surface area (Å²) in [7, 11) is 0.479.